The Morgan fingerprint density at radius 2 is 2.00 bits per heavy atom. The van der Waals surface area contributed by atoms with Crippen LogP contribution in [0.1, 0.15) is 30.5 Å². The van der Waals surface area contributed by atoms with E-state index in [1.807, 2.05) is 0 Å². The Labute approximate surface area is 121 Å². The van der Waals surface area contributed by atoms with E-state index in [2.05, 4.69) is 22.4 Å². The molecule has 2 aliphatic heterocycles. The van der Waals surface area contributed by atoms with Crippen LogP contribution in [0, 0.1) is 5.92 Å². The number of nitrogens with zero attached hydrogens (tertiary/aromatic N) is 2. The molecule has 1 N–H and O–H groups in total. The Morgan fingerprint density at radius 3 is 2.62 bits per heavy atom. The maximum atomic E-state index is 12.6. The molecule has 0 spiro atoms. The molecule has 0 aliphatic carbocycles. The minimum Gasteiger partial charge on any atom is -0.302 e. The molecule has 0 bridgehead atoms. The maximum absolute atomic E-state index is 12.6. The van der Waals surface area contributed by atoms with E-state index in [4.69, 9.17) is 0 Å². The number of nitrogens with one attached hydrogen (secondary N) is 1. The van der Waals surface area contributed by atoms with Gasteiger partial charge in [-0.1, -0.05) is 19.1 Å². The molecule has 2 atom stereocenters. The highest BCUT2D eigenvalue weighted by atomic mass is 19.4. The number of alkyl halides is 3. The topological polar surface area (TPSA) is 27.6 Å². The van der Waals surface area contributed by atoms with Crippen LogP contribution in [0.3, 0.4) is 0 Å². The third kappa shape index (κ3) is 2.77. The highest BCUT2D eigenvalue weighted by Crippen LogP contribution is 2.34. The van der Waals surface area contributed by atoms with Gasteiger partial charge in [-0.05, 0) is 24.2 Å². The van der Waals surface area contributed by atoms with Crippen molar-refractivity contribution < 1.29 is 13.2 Å². The van der Waals surface area contributed by atoms with Gasteiger partial charge in [0, 0.05) is 31.1 Å². The summed E-state index contributed by atoms with van der Waals surface area (Å²) in [5.41, 5.74) is 4.50. The van der Waals surface area contributed by atoms with E-state index in [1.165, 1.54) is 0 Å². The molecule has 0 aromatic heterocycles. The van der Waals surface area contributed by atoms with Crippen molar-refractivity contribution in [2.45, 2.75) is 25.6 Å². The number of hydrazone groups is 1. The first-order chi connectivity index (χ1) is 9.99. The zero-order valence-electron chi connectivity index (χ0n) is 11.8. The summed E-state index contributed by atoms with van der Waals surface area (Å²) in [5, 5.41) is 4.37. The van der Waals surface area contributed by atoms with Crippen LogP contribution in [-0.4, -0.2) is 30.2 Å². The molecular formula is C15H18F3N3. The molecule has 1 aromatic carbocycles. The molecule has 21 heavy (non-hydrogen) atoms. The molecule has 0 saturated carbocycles. The van der Waals surface area contributed by atoms with Crippen LogP contribution >= 0.6 is 0 Å². The Balaban J connectivity index is 1.78. The average Bonchev–Trinajstić information content (AvgIpc) is 2.89. The summed E-state index contributed by atoms with van der Waals surface area (Å²) in [6, 6.07) is 5.40. The van der Waals surface area contributed by atoms with Gasteiger partial charge in [-0.15, -0.1) is 0 Å². The Kier molecular flexibility index (Phi) is 3.65. The van der Waals surface area contributed by atoms with Crippen LogP contribution in [-0.2, 0) is 6.18 Å². The Hall–Kier alpha value is -1.56. The molecule has 2 aliphatic rings. The predicted octanol–water partition coefficient (Wildman–Crippen LogP) is 3.05. The number of piperidine rings is 1. The van der Waals surface area contributed by atoms with Crippen molar-refractivity contribution in [3.05, 3.63) is 35.4 Å². The van der Waals surface area contributed by atoms with Crippen molar-refractivity contribution in [1.29, 1.82) is 0 Å². The number of hydrogen-bond acceptors (Lipinski definition) is 3. The van der Waals surface area contributed by atoms with Crippen LogP contribution < -0.4 is 5.43 Å². The molecule has 0 amide bonds. The molecule has 6 heteroatoms. The molecule has 0 radical (unpaired) electrons. The van der Waals surface area contributed by atoms with E-state index in [9.17, 15) is 13.2 Å². The molecule has 1 fully saturated rings. The lowest BCUT2D eigenvalue weighted by Crippen LogP contribution is -2.41. The van der Waals surface area contributed by atoms with Crippen molar-refractivity contribution in [1.82, 2.24) is 10.3 Å². The maximum Gasteiger partial charge on any atom is 0.416 e. The van der Waals surface area contributed by atoms with Crippen LogP contribution in [0.15, 0.2) is 29.4 Å². The highest BCUT2D eigenvalue weighted by molar-refractivity contribution is 5.89. The monoisotopic (exact) mass is 297 g/mol. The smallest absolute Gasteiger partial charge is 0.302 e. The molecule has 1 aromatic rings. The lowest BCUT2D eigenvalue weighted by atomic mass is 9.86. The summed E-state index contributed by atoms with van der Waals surface area (Å²) in [6.45, 7) is 5.03. The van der Waals surface area contributed by atoms with Gasteiger partial charge in [-0.25, -0.2) is 0 Å². The van der Waals surface area contributed by atoms with E-state index in [0.717, 1.165) is 49.5 Å². The number of fused-ring (bicyclic) bond motifs is 1. The first-order valence-corrected chi connectivity index (χ1v) is 7.20. The summed E-state index contributed by atoms with van der Waals surface area (Å²) in [5.74, 6) is 0.260. The molecule has 2 unspecified atom stereocenters. The van der Waals surface area contributed by atoms with Gasteiger partial charge < -0.3 is 10.3 Å². The number of benzene rings is 1. The summed E-state index contributed by atoms with van der Waals surface area (Å²) < 4.78 is 37.9. The third-order valence-corrected chi connectivity index (χ3v) is 4.36. The fraction of sp³-hybridized carbons (Fsp3) is 0.533. The van der Waals surface area contributed by atoms with Crippen LogP contribution in [0.25, 0.3) is 0 Å². The van der Waals surface area contributed by atoms with Crippen LogP contribution in [0.4, 0.5) is 13.2 Å². The second-order valence-corrected chi connectivity index (χ2v) is 5.58. The van der Waals surface area contributed by atoms with Crippen LogP contribution in [0.5, 0.6) is 0 Å². The molecule has 3 rings (SSSR count). The summed E-state index contributed by atoms with van der Waals surface area (Å²) in [7, 11) is 0. The average molecular weight is 297 g/mol. The van der Waals surface area contributed by atoms with Gasteiger partial charge in [0.2, 0.25) is 0 Å². The highest BCUT2D eigenvalue weighted by Gasteiger charge is 2.37. The van der Waals surface area contributed by atoms with Gasteiger partial charge in [-0.3, -0.25) is 0 Å². The van der Waals surface area contributed by atoms with E-state index >= 15 is 0 Å². The number of hydrogen-bond donors (Lipinski definition) is 1. The summed E-state index contributed by atoms with van der Waals surface area (Å²) >= 11 is 0. The lowest BCUT2D eigenvalue weighted by Gasteiger charge is -2.32. The zero-order valence-corrected chi connectivity index (χ0v) is 11.8. The summed E-state index contributed by atoms with van der Waals surface area (Å²) in [4.78, 5) is 2.35. The van der Waals surface area contributed by atoms with Gasteiger partial charge in [-0.2, -0.15) is 18.3 Å². The van der Waals surface area contributed by atoms with Crippen molar-refractivity contribution >= 4 is 5.71 Å². The fourth-order valence-corrected chi connectivity index (χ4v) is 3.09. The van der Waals surface area contributed by atoms with Gasteiger partial charge >= 0.3 is 6.18 Å². The van der Waals surface area contributed by atoms with E-state index in [1.54, 1.807) is 12.1 Å². The van der Waals surface area contributed by atoms with Gasteiger partial charge in [0.1, 0.15) is 0 Å². The largest absolute Gasteiger partial charge is 0.416 e. The van der Waals surface area contributed by atoms with E-state index < -0.39 is 11.7 Å². The minimum atomic E-state index is -4.28. The van der Waals surface area contributed by atoms with Crippen LogP contribution in [0.2, 0.25) is 0 Å². The SMILES string of the molecule is CCN1CCC2=NNC(c3ccc(C(F)(F)F)cc3)C2C1. The molecular weight excluding hydrogens is 279 g/mol. The van der Waals surface area contributed by atoms with Crippen molar-refractivity contribution in [3.8, 4) is 0 Å². The standard InChI is InChI=1S/C15H18F3N3/c1-2-21-8-7-13-12(9-21)14(20-19-13)10-3-5-11(6-4-10)15(16,17)18/h3-6,12,14,20H,2,7-9H2,1H3. The molecule has 114 valence electrons. The first kappa shape index (κ1) is 14.4. The van der Waals surface area contributed by atoms with Crippen molar-refractivity contribution in [2.24, 2.45) is 11.0 Å². The second kappa shape index (κ2) is 5.33. The van der Waals surface area contributed by atoms with Gasteiger partial charge in [0.15, 0.2) is 0 Å². The molecule has 3 nitrogen and oxygen atoms in total. The normalized spacial score (nSPS) is 26.2. The minimum absolute atomic E-state index is 0.0170. The summed E-state index contributed by atoms with van der Waals surface area (Å²) in [6.07, 6.45) is -3.35. The van der Waals surface area contributed by atoms with Crippen molar-refractivity contribution in [3.63, 3.8) is 0 Å². The van der Waals surface area contributed by atoms with Gasteiger partial charge in [0.25, 0.3) is 0 Å². The second-order valence-electron chi connectivity index (χ2n) is 5.58. The Morgan fingerprint density at radius 1 is 1.29 bits per heavy atom. The Bertz CT molecular complexity index is 536. The first-order valence-electron chi connectivity index (χ1n) is 7.20. The van der Waals surface area contributed by atoms with Gasteiger partial charge in [0.05, 0.1) is 11.6 Å². The zero-order chi connectivity index (χ0) is 15.0. The van der Waals surface area contributed by atoms with E-state index in [0.29, 0.717) is 0 Å². The van der Waals surface area contributed by atoms with E-state index in [-0.39, 0.29) is 12.0 Å². The predicted molar refractivity (Wildman–Crippen MR) is 75.0 cm³/mol. The molecule has 2 heterocycles. The number of halogens is 3. The quantitative estimate of drug-likeness (QED) is 0.908. The molecule has 1 saturated heterocycles. The third-order valence-electron chi connectivity index (χ3n) is 4.36. The van der Waals surface area contributed by atoms with Crippen molar-refractivity contribution in [2.75, 3.05) is 19.6 Å². The number of rotatable bonds is 2. The lowest BCUT2D eigenvalue weighted by molar-refractivity contribution is -0.137. The number of likely N-dealkylation sites (tertiary alicyclic amines) is 1. The fourth-order valence-electron chi connectivity index (χ4n) is 3.09.